The number of aromatic carboxylic acids is 1. The first-order chi connectivity index (χ1) is 10.8. The number of rotatable bonds is 6. The van der Waals surface area contributed by atoms with Gasteiger partial charge in [-0.1, -0.05) is 17.8 Å². The van der Waals surface area contributed by atoms with Gasteiger partial charge in [0, 0.05) is 10.6 Å². The third-order valence-corrected chi connectivity index (χ3v) is 4.82. The number of hydrogen-bond donors (Lipinski definition) is 2. The van der Waals surface area contributed by atoms with Crippen LogP contribution in [0.15, 0.2) is 58.3 Å². The van der Waals surface area contributed by atoms with Crippen molar-refractivity contribution in [3.8, 4) is 0 Å². The summed E-state index contributed by atoms with van der Waals surface area (Å²) in [5, 5.41) is 8.89. The molecule has 0 saturated carbocycles. The first-order valence-electron chi connectivity index (χ1n) is 6.19. The molecular weight excluding hydrogens is 348 g/mol. The van der Waals surface area contributed by atoms with Crippen molar-refractivity contribution in [2.75, 3.05) is 4.72 Å². The number of nitrogens with one attached hydrogen (secondary N) is 1. The number of carboxylic acid groups (broad SMARTS) is 1. The van der Waals surface area contributed by atoms with E-state index in [-0.39, 0.29) is 16.1 Å². The van der Waals surface area contributed by atoms with Gasteiger partial charge in [-0.05, 0) is 42.5 Å². The van der Waals surface area contributed by atoms with Crippen LogP contribution in [0, 0.1) is 0 Å². The van der Waals surface area contributed by atoms with Gasteiger partial charge in [-0.15, -0.1) is 0 Å². The van der Waals surface area contributed by atoms with Crippen LogP contribution in [-0.4, -0.2) is 25.3 Å². The molecular formula is C14H11F2NO4S2. The maximum absolute atomic E-state index is 12.2. The molecule has 0 heterocycles. The van der Waals surface area contributed by atoms with Gasteiger partial charge in [0.2, 0.25) is 0 Å². The van der Waals surface area contributed by atoms with Crippen molar-refractivity contribution < 1.29 is 27.1 Å². The minimum Gasteiger partial charge on any atom is -0.478 e. The molecule has 0 aliphatic heterocycles. The number of thioether (sulfide) groups is 1. The molecule has 0 fully saturated rings. The SMILES string of the molecule is O=C(O)c1cccc(S(=O)(=O)Nc2ccc(SC(F)F)cc2)c1. The van der Waals surface area contributed by atoms with Crippen LogP contribution in [0.25, 0.3) is 0 Å². The Kier molecular flexibility index (Phi) is 5.22. The Morgan fingerprint density at radius 1 is 1.13 bits per heavy atom. The van der Waals surface area contributed by atoms with E-state index < -0.39 is 21.8 Å². The molecule has 0 saturated heterocycles. The van der Waals surface area contributed by atoms with Crippen LogP contribution < -0.4 is 4.72 Å². The Morgan fingerprint density at radius 3 is 2.35 bits per heavy atom. The molecule has 0 aliphatic carbocycles. The number of alkyl halides is 2. The lowest BCUT2D eigenvalue weighted by atomic mass is 10.2. The molecule has 0 atom stereocenters. The van der Waals surface area contributed by atoms with Crippen LogP contribution in [0.2, 0.25) is 0 Å². The molecule has 2 N–H and O–H groups in total. The van der Waals surface area contributed by atoms with Crippen molar-refractivity contribution in [2.45, 2.75) is 15.5 Å². The van der Waals surface area contributed by atoms with Gasteiger partial charge in [0.1, 0.15) is 0 Å². The van der Waals surface area contributed by atoms with Crippen molar-refractivity contribution >= 4 is 33.4 Å². The van der Waals surface area contributed by atoms with E-state index in [1.165, 1.54) is 42.5 Å². The van der Waals surface area contributed by atoms with Gasteiger partial charge < -0.3 is 5.11 Å². The first kappa shape index (κ1) is 17.2. The Morgan fingerprint density at radius 2 is 1.78 bits per heavy atom. The predicted octanol–water partition coefficient (Wildman–Crippen LogP) is 3.50. The summed E-state index contributed by atoms with van der Waals surface area (Å²) in [6, 6.07) is 10.3. The number of benzene rings is 2. The lowest BCUT2D eigenvalue weighted by molar-refractivity contribution is 0.0696. The largest absolute Gasteiger partial charge is 0.478 e. The maximum atomic E-state index is 12.2. The van der Waals surface area contributed by atoms with E-state index in [0.717, 1.165) is 6.07 Å². The zero-order valence-electron chi connectivity index (χ0n) is 11.4. The van der Waals surface area contributed by atoms with Crippen molar-refractivity contribution in [3.05, 3.63) is 54.1 Å². The summed E-state index contributed by atoms with van der Waals surface area (Å²) >= 11 is 0.351. The van der Waals surface area contributed by atoms with Crippen LogP contribution in [-0.2, 0) is 10.0 Å². The fourth-order valence-electron chi connectivity index (χ4n) is 1.71. The minimum atomic E-state index is -3.97. The number of halogens is 2. The monoisotopic (exact) mass is 359 g/mol. The third-order valence-electron chi connectivity index (χ3n) is 2.72. The topological polar surface area (TPSA) is 83.5 Å². The second-order valence-corrected chi connectivity index (χ2v) is 7.09. The zero-order valence-corrected chi connectivity index (χ0v) is 13.1. The molecule has 0 bridgehead atoms. The molecule has 0 spiro atoms. The lowest BCUT2D eigenvalue weighted by Crippen LogP contribution is -2.13. The average Bonchev–Trinajstić information content (AvgIpc) is 2.48. The van der Waals surface area contributed by atoms with Crippen LogP contribution in [0.5, 0.6) is 0 Å². The Labute approximate surface area is 135 Å². The summed E-state index contributed by atoms with van der Waals surface area (Å²) in [6.45, 7) is 0. The fraction of sp³-hybridized carbons (Fsp3) is 0.0714. The Balaban J connectivity index is 2.21. The highest BCUT2D eigenvalue weighted by atomic mass is 32.2. The van der Waals surface area contributed by atoms with E-state index in [9.17, 15) is 22.0 Å². The van der Waals surface area contributed by atoms with Crippen molar-refractivity contribution in [2.24, 2.45) is 0 Å². The second-order valence-electron chi connectivity index (χ2n) is 4.34. The van der Waals surface area contributed by atoms with Crippen molar-refractivity contribution in [1.29, 1.82) is 0 Å². The molecule has 0 unspecified atom stereocenters. The van der Waals surface area contributed by atoms with Gasteiger partial charge in [-0.3, -0.25) is 4.72 Å². The molecule has 2 rings (SSSR count). The summed E-state index contributed by atoms with van der Waals surface area (Å²) < 4.78 is 51.1. The predicted molar refractivity (Wildman–Crippen MR) is 82.5 cm³/mol. The van der Waals surface area contributed by atoms with E-state index in [1.54, 1.807) is 0 Å². The van der Waals surface area contributed by atoms with Crippen molar-refractivity contribution in [1.82, 2.24) is 0 Å². The van der Waals surface area contributed by atoms with Crippen LogP contribution in [0.1, 0.15) is 10.4 Å². The summed E-state index contributed by atoms with van der Waals surface area (Å²) in [5.74, 6) is -3.80. The maximum Gasteiger partial charge on any atom is 0.335 e. The van der Waals surface area contributed by atoms with Gasteiger partial charge >= 0.3 is 5.97 Å². The van der Waals surface area contributed by atoms with Crippen LogP contribution in [0.4, 0.5) is 14.5 Å². The second kappa shape index (κ2) is 6.97. The molecule has 122 valence electrons. The highest BCUT2D eigenvalue weighted by molar-refractivity contribution is 7.99. The summed E-state index contributed by atoms with van der Waals surface area (Å²) in [6.07, 6.45) is 0. The van der Waals surface area contributed by atoms with Gasteiger partial charge in [-0.2, -0.15) is 8.78 Å². The molecule has 0 aromatic heterocycles. The molecule has 2 aromatic rings. The lowest BCUT2D eigenvalue weighted by Gasteiger charge is -2.09. The summed E-state index contributed by atoms with van der Waals surface area (Å²) in [5.41, 5.74) is 0.0286. The molecule has 2 aromatic carbocycles. The highest BCUT2D eigenvalue weighted by Gasteiger charge is 2.16. The molecule has 0 radical (unpaired) electrons. The summed E-state index contributed by atoms with van der Waals surface area (Å²) in [4.78, 5) is 11.0. The average molecular weight is 359 g/mol. The van der Waals surface area contributed by atoms with Gasteiger partial charge in [-0.25, -0.2) is 13.2 Å². The Hall–Kier alpha value is -2.13. The molecule has 9 heteroatoms. The number of sulfonamides is 1. The van der Waals surface area contributed by atoms with Gasteiger partial charge in [0.05, 0.1) is 10.5 Å². The Bertz CT molecular complexity index is 808. The number of hydrogen-bond acceptors (Lipinski definition) is 4. The number of carboxylic acids is 1. The van der Waals surface area contributed by atoms with Gasteiger partial charge in [0.15, 0.2) is 0 Å². The zero-order chi connectivity index (χ0) is 17.0. The first-order valence-corrected chi connectivity index (χ1v) is 8.55. The van der Waals surface area contributed by atoms with E-state index >= 15 is 0 Å². The van der Waals surface area contributed by atoms with Crippen LogP contribution >= 0.6 is 11.8 Å². The van der Waals surface area contributed by atoms with Crippen LogP contribution in [0.3, 0.4) is 0 Å². The van der Waals surface area contributed by atoms with E-state index in [1.807, 2.05) is 0 Å². The summed E-state index contributed by atoms with van der Waals surface area (Å²) in [7, 11) is -3.97. The molecule has 5 nitrogen and oxygen atoms in total. The smallest absolute Gasteiger partial charge is 0.335 e. The number of carbonyl (C=O) groups is 1. The van der Waals surface area contributed by atoms with Crippen molar-refractivity contribution in [3.63, 3.8) is 0 Å². The molecule has 0 aliphatic rings. The fourth-order valence-corrected chi connectivity index (χ4v) is 3.32. The normalized spacial score (nSPS) is 11.4. The van der Waals surface area contributed by atoms with E-state index in [2.05, 4.69) is 4.72 Å². The standard InChI is InChI=1S/C14H11F2NO4S2/c15-14(16)22-11-6-4-10(5-7-11)17-23(20,21)12-3-1-2-9(8-12)13(18)19/h1-8,14,17H,(H,18,19). The molecule has 0 amide bonds. The third kappa shape index (κ3) is 4.67. The van der Waals surface area contributed by atoms with Gasteiger partial charge in [0.25, 0.3) is 15.8 Å². The van der Waals surface area contributed by atoms with E-state index in [4.69, 9.17) is 5.11 Å². The number of anilines is 1. The quantitative estimate of drug-likeness (QED) is 0.771. The molecule has 23 heavy (non-hydrogen) atoms. The van der Waals surface area contributed by atoms with E-state index in [0.29, 0.717) is 16.7 Å². The highest BCUT2D eigenvalue weighted by Crippen LogP contribution is 2.27. The minimum absolute atomic E-state index is 0.156.